The maximum absolute atomic E-state index is 2.31. The van der Waals surface area contributed by atoms with Crippen LogP contribution < -0.4 is 0 Å². The number of hydrogen-bond donors (Lipinski definition) is 0. The molecule has 4 aromatic carbocycles. The zero-order valence-corrected chi connectivity index (χ0v) is 20.5. The van der Waals surface area contributed by atoms with Crippen molar-refractivity contribution in [2.45, 2.75) is 56.6 Å². The standard InChI is InChI=1S/C28H26S3/c1-4-22-9-15-25(16-10-22)31-28-18-26(29-23-11-5-20(2)6-12-23)17-27(19-28)30-24-13-7-21(3)8-14-24/h5-19H,4H2,1-3H3. The maximum Gasteiger partial charge on any atom is 0.0144 e. The molecule has 0 saturated heterocycles. The van der Waals surface area contributed by atoms with Gasteiger partial charge in [0, 0.05) is 29.4 Å². The van der Waals surface area contributed by atoms with Gasteiger partial charge in [-0.1, -0.05) is 89.7 Å². The quantitative estimate of drug-likeness (QED) is 0.271. The van der Waals surface area contributed by atoms with Crippen molar-refractivity contribution in [1.29, 1.82) is 0 Å². The molecule has 0 unspecified atom stereocenters. The van der Waals surface area contributed by atoms with Crippen molar-refractivity contribution in [3.8, 4) is 0 Å². The molecule has 0 radical (unpaired) electrons. The third-order valence-electron chi connectivity index (χ3n) is 4.93. The molecule has 0 atom stereocenters. The van der Waals surface area contributed by atoms with Crippen LogP contribution in [-0.2, 0) is 6.42 Å². The average Bonchev–Trinajstić information content (AvgIpc) is 2.77. The van der Waals surface area contributed by atoms with E-state index in [0.717, 1.165) is 6.42 Å². The molecule has 0 fully saturated rings. The first-order chi connectivity index (χ1) is 15.1. The van der Waals surface area contributed by atoms with Crippen LogP contribution in [0, 0.1) is 13.8 Å². The molecule has 0 bridgehead atoms. The summed E-state index contributed by atoms with van der Waals surface area (Å²) < 4.78 is 0. The van der Waals surface area contributed by atoms with Crippen molar-refractivity contribution in [3.63, 3.8) is 0 Å². The van der Waals surface area contributed by atoms with Gasteiger partial charge in [-0.25, -0.2) is 0 Å². The molecule has 0 saturated carbocycles. The summed E-state index contributed by atoms with van der Waals surface area (Å²) in [5.41, 5.74) is 3.96. The molecule has 3 heteroatoms. The van der Waals surface area contributed by atoms with Crippen molar-refractivity contribution in [3.05, 3.63) is 108 Å². The van der Waals surface area contributed by atoms with Crippen LogP contribution >= 0.6 is 35.3 Å². The van der Waals surface area contributed by atoms with E-state index in [1.807, 2.05) is 35.3 Å². The fraction of sp³-hybridized carbons (Fsp3) is 0.143. The fourth-order valence-corrected chi connectivity index (χ4v) is 6.11. The molecule has 0 heterocycles. The van der Waals surface area contributed by atoms with Crippen LogP contribution in [0.4, 0.5) is 0 Å². The smallest absolute Gasteiger partial charge is 0.0144 e. The molecular formula is C28H26S3. The van der Waals surface area contributed by atoms with E-state index in [1.165, 1.54) is 46.1 Å². The highest BCUT2D eigenvalue weighted by Gasteiger charge is 2.07. The maximum atomic E-state index is 2.31. The first-order valence-corrected chi connectivity index (χ1v) is 12.9. The predicted octanol–water partition coefficient (Wildman–Crippen LogP) is 9.32. The van der Waals surface area contributed by atoms with Crippen molar-refractivity contribution in [2.75, 3.05) is 0 Å². The third kappa shape index (κ3) is 6.46. The predicted molar refractivity (Wildman–Crippen MR) is 137 cm³/mol. The van der Waals surface area contributed by atoms with Gasteiger partial charge in [0.2, 0.25) is 0 Å². The normalized spacial score (nSPS) is 10.9. The highest BCUT2D eigenvalue weighted by atomic mass is 32.2. The summed E-state index contributed by atoms with van der Waals surface area (Å²) in [6.45, 7) is 6.46. The minimum absolute atomic E-state index is 1.07. The van der Waals surface area contributed by atoms with Crippen LogP contribution in [0.2, 0.25) is 0 Å². The van der Waals surface area contributed by atoms with Gasteiger partial charge < -0.3 is 0 Å². The van der Waals surface area contributed by atoms with Crippen LogP contribution in [0.3, 0.4) is 0 Å². The summed E-state index contributed by atoms with van der Waals surface area (Å²) in [6.07, 6.45) is 1.07. The van der Waals surface area contributed by atoms with Crippen LogP contribution in [0.25, 0.3) is 0 Å². The van der Waals surface area contributed by atoms with Gasteiger partial charge in [-0.05, 0) is 80.4 Å². The lowest BCUT2D eigenvalue weighted by Gasteiger charge is -2.11. The number of benzene rings is 4. The zero-order valence-electron chi connectivity index (χ0n) is 18.1. The van der Waals surface area contributed by atoms with Crippen LogP contribution in [0.1, 0.15) is 23.6 Å². The Labute approximate surface area is 198 Å². The Morgan fingerprint density at radius 3 is 1.10 bits per heavy atom. The average molecular weight is 459 g/mol. The first-order valence-electron chi connectivity index (χ1n) is 10.5. The Balaban J connectivity index is 1.62. The molecule has 0 aliphatic carbocycles. The van der Waals surface area contributed by atoms with Crippen molar-refractivity contribution < 1.29 is 0 Å². The molecule has 0 aromatic heterocycles. The summed E-state index contributed by atoms with van der Waals surface area (Å²) in [7, 11) is 0. The van der Waals surface area contributed by atoms with Gasteiger partial charge in [-0.15, -0.1) is 0 Å². The molecule has 0 N–H and O–H groups in total. The molecule has 0 spiro atoms. The molecule has 0 amide bonds. The number of hydrogen-bond acceptors (Lipinski definition) is 3. The molecule has 31 heavy (non-hydrogen) atoms. The van der Waals surface area contributed by atoms with E-state index in [0.29, 0.717) is 0 Å². The Morgan fingerprint density at radius 2 is 0.774 bits per heavy atom. The fourth-order valence-electron chi connectivity index (χ4n) is 3.14. The molecule has 0 nitrogen and oxygen atoms in total. The lowest BCUT2D eigenvalue weighted by atomic mass is 10.2. The lowest BCUT2D eigenvalue weighted by molar-refractivity contribution is 1.13. The number of aryl methyl sites for hydroxylation is 3. The molecule has 0 aliphatic rings. The van der Waals surface area contributed by atoms with E-state index in [-0.39, 0.29) is 0 Å². The van der Waals surface area contributed by atoms with Crippen molar-refractivity contribution in [2.24, 2.45) is 0 Å². The minimum atomic E-state index is 1.07. The topological polar surface area (TPSA) is 0 Å². The largest absolute Gasteiger partial charge is 0.0900 e. The van der Waals surface area contributed by atoms with E-state index in [2.05, 4.69) is 112 Å². The van der Waals surface area contributed by atoms with Gasteiger partial charge in [0.05, 0.1) is 0 Å². The Bertz CT molecular complexity index is 1060. The van der Waals surface area contributed by atoms with E-state index in [9.17, 15) is 0 Å². The second kappa shape index (κ2) is 10.5. The van der Waals surface area contributed by atoms with Crippen LogP contribution in [0.15, 0.2) is 120 Å². The summed E-state index contributed by atoms with van der Waals surface area (Å²) >= 11 is 5.49. The van der Waals surface area contributed by atoms with E-state index >= 15 is 0 Å². The van der Waals surface area contributed by atoms with Gasteiger partial charge in [0.25, 0.3) is 0 Å². The lowest BCUT2D eigenvalue weighted by Crippen LogP contribution is -1.83. The molecule has 4 rings (SSSR count). The molecule has 156 valence electrons. The summed E-state index contributed by atoms with van der Waals surface area (Å²) in [5, 5.41) is 0. The third-order valence-corrected chi connectivity index (χ3v) is 7.87. The number of rotatable bonds is 7. The monoisotopic (exact) mass is 458 g/mol. The second-order valence-electron chi connectivity index (χ2n) is 7.57. The highest BCUT2D eigenvalue weighted by Crippen LogP contribution is 2.39. The van der Waals surface area contributed by atoms with Gasteiger partial charge in [0.1, 0.15) is 0 Å². The Kier molecular flexibility index (Phi) is 7.49. The van der Waals surface area contributed by atoms with E-state index in [1.54, 1.807) is 0 Å². The highest BCUT2D eigenvalue weighted by molar-refractivity contribution is 8.01. The Morgan fingerprint density at radius 1 is 0.452 bits per heavy atom. The zero-order chi connectivity index (χ0) is 21.6. The van der Waals surface area contributed by atoms with Crippen molar-refractivity contribution in [1.82, 2.24) is 0 Å². The molecule has 0 aliphatic heterocycles. The van der Waals surface area contributed by atoms with Gasteiger partial charge in [-0.2, -0.15) is 0 Å². The molecular weight excluding hydrogens is 433 g/mol. The van der Waals surface area contributed by atoms with E-state index < -0.39 is 0 Å². The first kappa shape index (κ1) is 22.1. The SMILES string of the molecule is CCc1ccc(Sc2cc(Sc3ccc(C)cc3)cc(Sc3ccc(C)cc3)c2)cc1. The molecule has 4 aromatic rings. The summed E-state index contributed by atoms with van der Waals surface area (Å²) in [4.78, 5) is 7.64. The van der Waals surface area contributed by atoms with Crippen LogP contribution in [-0.4, -0.2) is 0 Å². The van der Waals surface area contributed by atoms with Gasteiger partial charge in [0.15, 0.2) is 0 Å². The minimum Gasteiger partial charge on any atom is -0.0900 e. The second-order valence-corrected chi connectivity index (χ2v) is 11.0. The van der Waals surface area contributed by atoms with Gasteiger partial charge >= 0.3 is 0 Å². The van der Waals surface area contributed by atoms with E-state index in [4.69, 9.17) is 0 Å². The van der Waals surface area contributed by atoms with Gasteiger partial charge in [-0.3, -0.25) is 0 Å². The Hall–Kier alpha value is -2.07. The van der Waals surface area contributed by atoms with Crippen molar-refractivity contribution >= 4 is 35.3 Å². The van der Waals surface area contributed by atoms with Crippen LogP contribution in [0.5, 0.6) is 0 Å². The summed E-state index contributed by atoms with van der Waals surface area (Å²) in [5.74, 6) is 0. The summed E-state index contributed by atoms with van der Waals surface area (Å²) in [6, 6.07) is 33.4.